The number of hydrogen-bond acceptors (Lipinski definition) is 5. The standard InChI is InChI=1S/C20H17BrIN3O3/c1-3-4-19-24-17-7-6-14(21)10-15(17)20(27)25(19)23-11-13-5-8-18(16(22)9-13)28-12(2)26/h5-11H,3-4H2,1-2H3. The number of carbonyl (C=O) groups excluding carboxylic acids is 1. The molecule has 0 aliphatic heterocycles. The van der Waals surface area contributed by atoms with E-state index < -0.39 is 0 Å². The lowest BCUT2D eigenvalue weighted by Crippen LogP contribution is -2.22. The highest BCUT2D eigenvalue weighted by molar-refractivity contribution is 14.1. The van der Waals surface area contributed by atoms with Gasteiger partial charge in [0.15, 0.2) is 0 Å². The number of hydrogen-bond donors (Lipinski definition) is 0. The smallest absolute Gasteiger partial charge is 0.308 e. The first-order valence-corrected chi connectivity index (χ1v) is 10.5. The quantitative estimate of drug-likeness (QED) is 0.201. The third-order valence-electron chi connectivity index (χ3n) is 3.88. The third-order valence-corrected chi connectivity index (χ3v) is 5.22. The van der Waals surface area contributed by atoms with Crippen molar-refractivity contribution in [3.8, 4) is 5.75 Å². The van der Waals surface area contributed by atoms with Crippen LogP contribution >= 0.6 is 38.5 Å². The van der Waals surface area contributed by atoms with Crippen LogP contribution < -0.4 is 10.3 Å². The fourth-order valence-electron chi connectivity index (χ4n) is 2.66. The number of rotatable bonds is 5. The Morgan fingerprint density at radius 2 is 2.11 bits per heavy atom. The molecule has 0 saturated carbocycles. The summed E-state index contributed by atoms with van der Waals surface area (Å²) in [6.45, 7) is 3.39. The Morgan fingerprint density at radius 3 is 2.79 bits per heavy atom. The molecule has 0 spiro atoms. The molecule has 0 amide bonds. The van der Waals surface area contributed by atoms with E-state index in [1.165, 1.54) is 11.6 Å². The van der Waals surface area contributed by atoms with Crippen molar-refractivity contribution in [3.63, 3.8) is 0 Å². The first kappa shape index (κ1) is 20.7. The lowest BCUT2D eigenvalue weighted by molar-refractivity contribution is -0.131. The summed E-state index contributed by atoms with van der Waals surface area (Å²) in [5, 5.41) is 4.90. The van der Waals surface area contributed by atoms with Crippen LogP contribution in [0.25, 0.3) is 10.9 Å². The Hall–Kier alpha value is -2.07. The van der Waals surface area contributed by atoms with Crippen molar-refractivity contribution < 1.29 is 9.53 Å². The first-order valence-electron chi connectivity index (χ1n) is 8.62. The van der Waals surface area contributed by atoms with E-state index in [1.807, 2.05) is 25.1 Å². The van der Waals surface area contributed by atoms with Gasteiger partial charge in [-0.2, -0.15) is 9.78 Å². The summed E-state index contributed by atoms with van der Waals surface area (Å²) in [5.74, 6) is 0.736. The zero-order valence-corrected chi connectivity index (χ0v) is 19.0. The predicted molar refractivity (Wildman–Crippen MR) is 121 cm³/mol. The maximum Gasteiger partial charge on any atom is 0.308 e. The molecule has 0 aliphatic carbocycles. The van der Waals surface area contributed by atoms with Gasteiger partial charge in [-0.3, -0.25) is 9.59 Å². The highest BCUT2D eigenvalue weighted by Gasteiger charge is 2.11. The number of carbonyl (C=O) groups is 1. The van der Waals surface area contributed by atoms with Crippen LogP contribution in [0, 0.1) is 3.57 Å². The van der Waals surface area contributed by atoms with E-state index in [9.17, 15) is 9.59 Å². The van der Waals surface area contributed by atoms with E-state index in [2.05, 4.69) is 48.6 Å². The van der Waals surface area contributed by atoms with Crippen molar-refractivity contribution in [1.82, 2.24) is 9.66 Å². The Kier molecular flexibility index (Phi) is 6.61. The van der Waals surface area contributed by atoms with Crippen LogP contribution in [0.4, 0.5) is 0 Å². The van der Waals surface area contributed by atoms with E-state index in [0.717, 1.165) is 20.0 Å². The number of fused-ring (bicyclic) bond motifs is 1. The molecule has 144 valence electrons. The summed E-state index contributed by atoms with van der Waals surface area (Å²) in [6, 6.07) is 10.8. The van der Waals surface area contributed by atoms with Crippen LogP contribution in [-0.4, -0.2) is 21.8 Å². The van der Waals surface area contributed by atoms with Gasteiger partial charge in [0.05, 0.1) is 20.7 Å². The monoisotopic (exact) mass is 553 g/mol. The van der Waals surface area contributed by atoms with Gasteiger partial charge in [0.1, 0.15) is 11.6 Å². The number of aromatic nitrogens is 2. The van der Waals surface area contributed by atoms with Crippen molar-refractivity contribution >= 4 is 61.6 Å². The average Bonchev–Trinajstić information content (AvgIpc) is 2.64. The van der Waals surface area contributed by atoms with Crippen LogP contribution in [0.1, 0.15) is 31.7 Å². The molecule has 1 heterocycles. The molecule has 3 rings (SSSR count). The van der Waals surface area contributed by atoms with Crippen LogP contribution in [0.15, 0.2) is 50.8 Å². The summed E-state index contributed by atoms with van der Waals surface area (Å²) in [4.78, 5) is 28.7. The minimum atomic E-state index is -0.372. The molecule has 0 atom stereocenters. The Morgan fingerprint density at radius 1 is 1.32 bits per heavy atom. The number of aryl methyl sites for hydroxylation is 1. The predicted octanol–water partition coefficient (Wildman–Crippen LogP) is 4.52. The van der Waals surface area contributed by atoms with Crippen molar-refractivity contribution in [2.24, 2.45) is 5.10 Å². The zero-order valence-electron chi connectivity index (χ0n) is 15.3. The molecule has 3 aromatic rings. The fourth-order valence-corrected chi connectivity index (χ4v) is 3.67. The van der Waals surface area contributed by atoms with Gasteiger partial charge in [0, 0.05) is 17.8 Å². The number of benzene rings is 2. The molecule has 0 aliphatic rings. The number of ether oxygens (including phenoxy) is 1. The minimum Gasteiger partial charge on any atom is -0.426 e. The van der Waals surface area contributed by atoms with Crippen molar-refractivity contribution in [3.05, 3.63) is 66.2 Å². The SMILES string of the molecule is CCCc1nc2ccc(Br)cc2c(=O)n1N=Cc1ccc(OC(C)=O)c(I)c1. The van der Waals surface area contributed by atoms with Crippen molar-refractivity contribution in [2.75, 3.05) is 0 Å². The number of halogens is 2. The normalized spacial score (nSPS) is 11.3. The maximum atomic E-state index is 13.0. The van der Waals surface area contributed by atoms with Gasteiger partial charge < -0.3 is 4.74 Å². The highest BCUT2D eigenvalue weighted by Crippen LogP contribution is 2.22. The maximum absolute atomic E-state index is 13.0. The molecule has 0 radical (unpaired) electrons. The van der Waals surface area contributed by atoms with Gasteiger partial charge in [-0.25, -0.2) is 4.98 Å². The summed E-state index contributed by atoms with van der Waals surface area (Å²) < 4.78 is 8.07. The molecule has 2 aromatic carbocycles. The largest absolute Gasteiger partial charge is 0.426 e. The topological polar surface area (TPSA) is 73.6 Å². The molecular weight excluding hydrogens is 537 g/mol. The highest BCUT2D eigenvalue weighted by atomic mass is 127. The van der Waals surface area contributed by atoms with Crippen molar-refractivity contribution in [2.45, 2.75) is 26.7 Å². The molecule has 28 heavy (non-hydrogen) atoms. The van der Waals surface area contributed by atoms with Crippen LogP contribution in [0.3, 0.4) is 0 Å². The molecule has 0 unspecified atom stereocenters. The third kappa shape index (κ3) is 4.67. The van der Waals surface area contributed by atoms with Gasteiger partial charge in [-0.1, -0.05) is 22.9 Å². The first-order chi connectivity index (χ1) is 13.4. The van der Waals surface area contributed by atoms with Gasteiger partial charge in [-0.15, -0.1) is 0 Å². The van der Waals surface area contributed by atoms with Gasteiger partial charge in [0.25, 0.3) is 5.56 Å². The molecule has 0 fully saturated rings. The lowest BCUT2D eigenvalue weighted by atomic mass is 10.2. The Balaban J connectivity index is 2.04. The summed E-state index contributed by atoms with van der Waals surface area (Å²) >= 11 is 5.49. The summed E-state index contributed by atoms with van der Waals surface area (Å²) in [7, 11) is 0. The zero-order chi connectivity index (χ0) is 20.3. The van der Waals surface area contributed by atoms with Crippen LogP contribution in [0.5, 0.6) is 5.75 Å². The molecule has 8 heteroatoms. The lowest BCUT2D eigenvalue weighted by Gasteiger charge is -2.09. The average molecular weight is 554 g/mol. The van der Waals surface area contributed by atoms with Crippen LogP contribution in [0.2, 0.25) is 0 Å². The molecule has 0 saturated heterocycles. The summed E-state index contributed by atoms with van der Waals surface area (Å²) in [6.07, 6.45) is 3.09. The molecule has 6 nitrogen and oxygen atoms in total. The molecule has 0 N–H and O–H groups in total. The fraction of sp³-hybridized carbons (Fsp3) is 0.200. The number of esters is 1. The van der Waals surface area contributed by atoms with Gasteiger partial charge >= 0.3 is 5.97 Å². The minimum absolute atomic E-state index is 0.211. The summed E-state index contributed by atoms with van der Waals surface area (Å²) in [5.41, 5.74) is 1.23. The van der Waals surface area contributed by atoms with Gasteiger partial charge in [-0.05, 0) is 71.0 Å². The number of nitrogens with zero attached hydrogens (tertiary/aromatic N) is 3. The Bertz CT molecular complexity index is 1140. The van der Waals surface area contributed by atoms with Crippen LogP contribution in [-0.2, 0) is 11.2 Å². The molecule has 1 aromatic heterocycles. The van der Waals surface area contributed by atoms with Gasteiger partial charge in [0.2, 0.25) is 0 Å². The van der Waals surface area contributed by atoms with E-state index in [-0.39, 0.29) is 11.5 Å². The van der Waals surface area contributed by atoms with E-state index in [4.69, 9.17) is 4.74 Å². The second-order valence-electron chi connectivity index (χ2n) is 6.08. The van der Waals surface area contributed by atoms with E-state index >= 15 is 0 Å². The van der Waals surface area contributed by atoms with E-state index in [1.54, 1.807) is 24.4 Å². The molecule has 0 bridgehead atoms. The van der Waals surface area contributed by atoms with Crippen molar-refractivity contribution in [1.29, 1.82) is 0 Å². The van der Waals surface area contributed by atoms with E-state index in [0.29, 0.717) is 28.9 Å². The second-order valence-corrected chi connectivity index (χ2v) is 8.16. The Labute approximate surface area is 183 Å². The molecular formula is C20H17BrIN3O3. The second kappa shape index (κ2) is 8.95.